The Hall–Kier alpha value is -1.73. The van der Waals surface area contributed by atoms with E-state index in [2.05, 4.69) is 20.6 Å². The van der Waals surface area contributed by atoms with Crippen molar-refractivity contribution in [3.8, 4) is 0 Å². The van der Waals surface area contributed by atoms with E-state index in [1.165, 1.54) is 11.3 Å². The number of amides is 1. The molecule has 0 aliphatic heterocycles. The van der Waals surface area contributed by atoms with Gasteiger partial charge < -0.3 is 10.3 Å². The number of rotatable bonds is 5. The Bertz CT molecular complexity index is 662. The van der Waals surface area contributed by atoms with Crippen molar-refractivity contribution >= 4 is 27.5 Å². The lowest BCUT2D eigenvalue weighted by Crippen LogP contribution is -2.44. The van der Waals surface area contributed by atoms with Gasteiger partial charge in [0, 0.05) is 6.04 Å². The van der Waals surface area contributed by atoms with Gasteiger partial charge in [0.1, 0.15) is 10.5 Å². The molecule has 7 heteroatoms. The molecule has 0 saturated heterocycles. The van der Waals surface area contributed by atoms with Gasteiger partial charge in [-0.1, -0.05) is 0 Å². The number of aromatic amines is 1. The first kappa shape index (κ1) is 14.7. The standard InChI is InChI=1S/C13H18N4O2S/c1-7(2)15-12(18)8(3)14-6-10-16-9-4-5-20-11(9)13(19)17-10/h4-5,7-8,14H,6H2,1-3H3,(H,15,18)(H,16,17,19). The van der Waals surface area contributed by atoms with Crippen LogP contribution in [0.1, 0.15) is 26.6 Å². The number of nitrogens with one attached hydrogen (secondary N) is 3. The second-order valence-electron chi connectivity index (χ2n) is 4.91. The first-order valence-corrected chi connectivity index (χ1v) is 7.35. The van der Waals surface area contributed by atoms with Crippen LogP contribution in [0.15, 0.2) is 16.2 Å². The van der Waals surface area contributed by atoms with E-state index in [0.717, 1.165) is 0 Å². The smallest absolute Gasteiger partial charge is 0.268 e. The minimum absolute atomic E-state index is 0.0704. The molecule has 1 atom stereocenters. The third-order valence-electron chi connectivity index (χ3n) is 2.76. The van der Waals surface area contributed by atoms with E-state index >= 15 is 0 Å². The molecule has 6 nitrogen and oxygen atoms in total. The summed E-state index contributed by atoms with van der Waals surface area (Å²) >= 11 is 1.37. The minimum atomic E-state index is -0.346. The minimum Gasteiger partial charge on any atom is -0.353 e. The van der Waals surface area contributed by atoms with Crippen molar-refractivity contribution in [3.05, 3.63) is 27.6 Å². The zero-order valence-corrected chi connectivity index (χ0v) is 12.5. The molecule has 0 spiro atoms. The van der Waals surface area contributed by atoms with Crippen LogP contribution in [-0.4, -0.2) is 28.0 Å². The molecule has 108 valence electrons. The Morgan fingerprint density at radius 1 is 1.45 bits per heavy atom. The highest BCUT2D eigenvalue weighted by molar-refractivity contribution is 7.17. The average Bonchev–Trinajstić information content (AvgIpc) is 2.83. The van der Waals surface area contributed by atoms with Crippen molar-refractivity contribution in [2.45, 2.75) is 39.4 Å². The summed E-state index contributed by atoms with van der Waals surface area (Å²) in [6, 6.07) is 1.57. The van der Waals surface area contributed by atoms with E-state index in [4.69, 9.17) is 0 Å². The van der Waals surface area contributed by atoms with Crippen LogP contribution >= 0.6 is 11.3 Å². The Balaban J connectivity index is 2.02. The number of fused-ring (bicyclic) bond motifs is 1. The number of thiophene rings is 1. The van der Waals surface area contributed by atoms with Gasteiger partial charge in [-0.05, 0) is 32.2 Å². The molecule has 0 aromatic carbocycles. The van der Waals surface area contributed by atoms with Gasteiger partial charge in [-0.2, -0.15) is 0 Å². The summed E-state index contributed by atoms with van der Waals surface area (Å²) in [6.45, 7) is 5.94. The maximum absolute atomic E-state index is 11.8. The van der Waals surface area contributed by atoms with Crippen molar-refractivity contribution in [3.63, 3.8) is 0 Å². The molecular weight excluding hydrogens is 276 g/mol. The van der Waals surface area contributed by atoms with Gasteiger partial charge in [-0.25, -0.2) is 4.98 Å². The summed E-state index contributed by atoms with van der Waals surface area (Å²) in [5.41, 5.74) is 0.552. The van der Waals surface area contributed by atoms with E-state index in [-0.39, 0.29) is 23.6 Å². The Morgan fingerprint density at radius 2 is 2.20 bits per heavy atom. The van der Waals surface area contributed by atoms with Crippen molar-refractivity contribution in [2.75, 3.05) is 0 Å². The van der Waals surface area contributed by atoms with E-state index in [0.29, 0.717) is 22.6 Å². The van der Waals surface area contributed by atoms with Crippen LogP contribution in [0.2, 0.25) is 0 Å². The summed E-state index contributed by atoms with van der Waals surface area (Å²) < 4.78 is 0.624. The fraction of sp³-hybridized carbons (Fsp3) is 0.462. The Labute approximate surface area is 120 Å². The molecule has 3 N–H and O–H groups in total. The van der Waals surface area contributed by atoms with Crippen molar-refractivity contribution < 1.29 is 4.79 Å². The van der Waals surface area contributed by atoms with Gasteiger partial charge in [-0.3, -0.25) is 14.9 Å². The number of aromatic nitrogens is 2. The molecule has 1 unspecified atom stereocenters. The zero-order valence-electron chi connectivity index (χ0n) is 11.7. The first-order chi connectivity index (χ1) is 9.47. The molecule has 0 fully saturated rings. The molecule has 2 aromatic heterocycles. The number of nitrogens with zero attached hydrogens (tertiary/aromatic N) is 1. The molecular formula is C13H18N4O2S. The third kappa shape index (κ3) is 3.43. The van der Waals surface area contributed by atoms with Gasteiger partial charge in [0.2, 0.25) is 5.91 Å². The van der Waals surface area contributed by atoms with Gasteiger partial charge in [0.05, 0.1) is 18.1 Å². The predicted molar refractivity (Wildman–Crippen MR) is 79.8 cm³/mol. The van der Waals surface area contributed by atoms with Crippen LogP contribution < -0.4 is 16.2 Å². The van der Waals surface area contributed by atoms with Crippen molar-refractivity contribution in [1.29, 1.82) is 0 Å². The number of carbonyl (C=O) groups is 1. The molecule has 0 radical (unpaired) electrons. The molecule has 0 aliphatic carbocycles. The third-order valence-corrected chi connectivity index (χ3v) is 3.67. The van der Waals surface area contributed by atoms with Crippen LogP contribution in [0.4, 0.5) is 0 Å². The molecule has 20 heavy (non-hydrogen) atoms. The quantitative estimate of drug-likeness (QED) is 0.767. The number of H-pyrrole nitrogens is 1. The monoisotopic (exact) mass is 294 g/mol. The van der Waals surface area contributed by atoms with E-state index in [9.17, 15) is 9.59 Å². The lowest BCUT2D eigenvalue weighted by atomic mass is 10.3. The van der Waals surface area contributed by atoms with Crippen molar-refractivity contribution in [2.24, 2.45) is 0 Å². The Kier molecular flexibility index (Phi) is 4.51. The van der Waals surface area contributed by atoms with Gasteiger partial charge in [0.15, 0.2) is 0 Å². The molecule has 0 saturated carbocycles. The average molecular weight is 294 g/mol. The molecule has 2 aromatic rings. The zero-order chi connectivity index (χ0) is 14.7. The van der Waals surface area contributed by atoms with Gasteiger partial charge in [0.25, 0.3) is 5.56 Å². The van der Waals surface area contributed by atoms with Crippen molar-refractivity contribution in [1.82, 2.24) is 20.6 Å². The molecule has 2 rings (SSSR count). The number of carbonyl (C=O) groups excluding carboxylic acids is 1. The van der Waals surface area contributed by atoms with E-state index in [1.807, 2.05) is 25.3 Å². The van der Waals surface area contributed by atoms with Crippen LogP contribution in [0, 0.1) is 0 Å². The highest BCUT2D eigenvalue weighted by Gasteiger charge is 2.13. The second kappa shape index (κ2) is 6.15. The topological polar surface area (TPSA) is 86.9 Å². The normalized spacial score (nSPS) is 12.8. The van der Waals surface area contributed by atoms with Crippen LogP contribution in [-0.2, 0) is 11.3 Å². The van der Waals surface area contributed by atoms with Crippen LogP contribution in [0.3, 0.4) is 0 Å². The summed E-state index contributed by atoms with van der Waals surface area (Å²) in [5, 5.41) is 7.71. The maximum atomic E-state index is 11.8. The lowest BCUT2D eigenvalue weighted by molar-refractivity contribution is -0.123. The SMILES string of the molecule is CC(C)NC(=O)C(C)NCc1nc2ccsc2c(=O)[nH]1. The van der Waals surface area contributed by atoms with Gasteiger partial charge >= 0.3 is 0 Å². The first-order valence-electron chi connectivity index (χ1n) is 6.47. The number of hydrogen-bond acceptors (Lipinski definition) is 5. The van der Waals surface area contributed by atoms with Crippen LogP contribution in [0.25, 0.3) is 10.2 Å². The summed E-state index contributed by atoms with van der Waals surface area (Å²) in [5.74, 6) is 0.462. The summed E-state index contributed by atoms with van der Waals surface area (Å²) in [7, 11) is 0. The maximum Gasteiger partial charge on any atom is 0.268 e. The van der Waals surface area contributed by atoms with E-state index in [1.54, 1.807) is 6.92 Å². The van der Waals surface area contributed by atoms with Gasteiger partial charge in [-0.15, -0.1) is 11.3 Å². The predicted octanol–water partition coefficient (Wildman–Crippen LogP) is 0.987. The fourth-order valence-corrected chi connectivity index (χ4v) is 2.48. The molecule has 1 amide bonds. The Morgan fingerprint density at radius 3 is 2.90 bits per heavy atom. The summed E-state index contributed by atoms with van der Waals surface area (Å²) in [6.07, 6.45) is 0. The second-order valence-corrected chi connectivity index (χ2v) is 5.83. The molecule has 2 heterocycles. The number of hydrogen-bond donors (Lipinski definition) is 3. The largest absolute Gasteiger partial charge is 0.353 e. The lowest BCUT2D eigenvalue weighted by Gasteiger charge is -2.15. The summed E-state index contributed by atoms with van der Waals surface area (Å²) in [4.78, 5) is 30.6. The highest BCUT2D eigenvalue weighted by atomic mass is 32.1. The molecule has 0 bridgehead atoms. The molecule has 0 aliphatic rings. The highest BCUT2D eigenvalue weighted by Crippen LogP contribution is 2.13. The van der Waals surface area contributed by atoms with E-state index < -0.39 is 0 Å². The fourth-order valence-electron chi connectivity index (χ4n) is 1.76. The van der Waals surface area contributed by atoms with Crippen LogP contribution in [0.5, 0.6) is 0 Å².